The van der Waals surface area contributed by atoms with Crippen molar-refractivity contribution in [3.8, 4) is 0 Å². The molecule has 3 aliphatic rings. The van der Waals surface area contributed by atoms with Crippen LogP contribution in [0.15, 0.2) is 42.6 Å². The van der Waals surface area contributed by atoms with Crippen molar-refractivity contribution in [1.82, 2.24) is 53.6 Å². The summed E-state index contributed by atoms with van der Waals surface area (Å²) in [6, 6.07) is 0. The van der Waals surface area contributed by atoms with Crippen LogP contribution in [-0.4, -0.2) is 156 Å². The summed E-state index contributed by atoms with van der Waals surface area (Å²) in [5.74, 6) is -0.370. The van der Waals surface area contributed by atoms with Crippen LogP contribution in [0, 0.1) is 0 Å². The van der Waals surface area contributed by atoms with Crippen LogP contribution in [0.1, 0.15) is 18.7 Å². The van der Waals surface area contributed by atoms with Crippen LogP contribution in [0.3, 0.4) is 0 Å². The Morgan fingerprint density at radius 3 is 2.08 bits per heavy atom. The van der Waals surface area contributed by atoms with E-state index in [-0.39, 0.29) is 39.7 Å². The first-order chi connectivity index (χ1) is 34.4. The first-order valence-electron chi connectivity index (χ1n) is 20.7. The zero-order valence-corrected chi connectivity index (χ0v) is 41.3. The first-order valence-corrected chi connectivity index (χ1v) is 27.6. The van der Waals surface area contributed by atoms with Crippen LogP contribution >= 0.6 is 30.2 Å². The Balaban J connectivity index is 0.861. The van der Waals surface area contributed by atoms with Gasteiger partial charge in [-0.2, -0.15) is 4.98 Å². The standard InChI is InChI=1S/C32H42N14O22P4S/c1-43-11-46(25-12(43)3-35-7-37-25)30-21(50)18(47)13(64-30)4-60-69(52,53)67-71(56,57)68-70(54,55)61-6-15-22(23(59-2)31(65-15)44-9-39-16-24(33)36-8-38-26(16)44)66-72(58,73)62-5-14-19(48)20(49)29(63-14)45-10-40-17-27(45)41-32(34)42-28(17)51/h3,7-11,13-15,18-23,29-31,47-50H,4-6H2,1-2H3,(H8-,33,34,36,38,41,42,51,52,53,54,55,56,57,58,73)/p-3. The third kappa shape index (κ3) is 10.9. The Morgan fingerprint density at radius 2 is 1.38 bits per heavy atom. The molecule has 3 saturated heterocycles. The number of fused-ring (bicyclic) bond motifs is 3. The van der Waals surface area contributed by atoms with E-state index in [9.17, 15) is 58.5 Å². The molecule has 0 radical (unpaired) electrons. The van der Waals surface area contributed by atoms with Crippen LogP contribution in [0.5, 0.6) is 0 Å². The monoisotopic (exact) mass is 1130 g/mol. The molecule has 73 heavy (non-hydrogen) atoms. The van der Waals surface area contributed by atoms with Crippen molar-refractivity contribution < 1.29 is 104 Å². The number of aryl methyl sites for hydroxylation is 1. The number of imidazole rings is 3. The Morgan fingerprint density at radius 1 is 0.767 bits per heavy atom. The predicted octanol–water partition coefficient (Wildman–Crippen LogP) is -6.00. The van der Waals surface area contributed by atoms with E-state index in [1.54, 1.807) is 11.6 Å². The Kier molecular flexibility index (Phi) is 14.9. The molecule has 398 valence electrons. The van der Waals surface area contributed by atoms with Gasteiger partial charge in [0.1, 0.15) is 73.5 Å². The van der Waals surface area contributed by atoms with E-state index in [0.717, 1.165) is 30.7 Å². The number of nitrogen functional groups attached to an aromatic ring is 2. The molecular weight excluding hydrogens is 1090 g/mol. The van der Waals surface area contributed by atoms with Gasteiger partial charge in [0.05, 0.1) is 45.7 Å². The second kappa shape index (κ2) is 20.3. The molecule has 0 aliphatic carbocycles. The lowest BCUT2D eigenvalue weighted by Gasteiger charge is -2.36. The molecule has 0 amide bonds. The fourth-order valence-electron chi connectivity index (χ4n) is 8.06. The zero-order valence-electron chi connectivity index (χ0n) is 36.9. The van der Waals surface area contributed by atoms with Crippen LogP contribution in [0.2, 0.25) is 0 Å². The molecule has 41 heteroatoms. The summed E-state index contributed by atoms with van der Waals surface area (Å²) in [6.45, 7) is -8.17. The Bertz CT molecular complexity index is 3300. The lowest BCUT2D eigenvalue weighted by molar-refractivity contribution is -0.745. The number of H-pyrrole nitrogens is 1. The number of aromatic amines is 1. The minimum Gasteiger partial charge on any atom is -0.780 e. The zero-order chi connectivity index (χ0) is 52.5. The normalized spacial score (nSPS) is 31.0. The summed E-state index contributed by atoms with van der Waals surface area (Å²) in [5, 5.41) is 43.1. The molecule has 0 aromatic carbocycles. The van der Waals surface area contributed by atoms with E-state index in [1.807, 2.05) is 0 Å². The van der Waals surface area contributed by atoms with Crippen LogP contribution in [0.25, 0.3) is 33.5 Å². The van der Waals surface area contributed by atoms with Gasteiger partial charge in [-0.05, 0) is 0 Å². The molecule has 9 heterocycles. The molecular formula is C32H39N14O22P4S-3. The van der Waals surface area contributed by atoms with E-state index < -0.39 is 129 Å². The minimum atomic E-state index is -6.51. The molecule has 3 fully saturated rings. The second-order valence-corrected chi connectivity index (χ2v) is 23.2. The number of nitrogens with two attached hydrogens (primary N) is 2. The number of methoxy groups -OCH3 is 1. The SMILES string of the molecule is COC1C(OP([O-])(=S)OCC2OC(n3cnc4c(=O)[nH]c(N)nc43)C(O)C2O)C(COP(=O)([O-])OP(=O)([O-])OP(=O)([O-])OCC2OC([n+]3cn(C)c4cncnc43)C(O)C2O)OC1n1cnc2c(N)ncnc21. The molecule has 3 aliphatic heterocycles. The quantitative estimate of drug-likeness (QED) is 0.0293. The molecule has 16 unspecified atom stereocenters. The van der Waals surface area contributed by atoms with Gasteiger partial charge in [-0.25, -0.2) is 38.1 Å². The highest BCUT2D eigenvalue weighted by Crippen LogP contribution is 2.63. The number of hydrogen-bond donors (Lipinski definition) is 7. The van der Waals surface area contributed by atoms with Gasteiger partial charge in [-0.15, -0.1) is 0 Å². The van der Waals surface area contributed by atoms with Crippen molar-refractivity contribution in [2.75, 3.05) is 38.4 Å². The van der Waals surface area contributed by atoms with Crippen molar-refractivity contribution in [3.05, 3.63) is 48.2 Å². The van der Waals surface area contributed by atoms with Gasteiger partial charge in [0.15, 0.2) is 53.3 Å². The number of aromatic nitrogens is 12. The average Bonchev–Trinajstić information content (AvgIpc) is 4.17. The summed E-state index contributed by atoms with van der Waals surface area (Å²) in [7, 11) is -16.1. The van der Waals surface area contributed by atoms with E-state index in [2.05, 4.69) is 53.0 Å². The molecule has 16 atom stereocenters. The largest absolute Gasteiger partial charge is 0.780 e. The van der Waals surface area contributed by atoms with Gasteiger partial charge in [-0.3, -0.25) is 37.2 Å². The van der Waals surface area contributed by atoms with Crippen molar-refractivity contribution in [2.24, 2.45) is 7.05 Å². The summed E-state index contributed by atoms with van der Waals surface area (Å²) in [5.41, 5.74) is 11.4. The van der Waals surface area contributed by atoms with Crippen LogP contribution in [0.4, 0.5) is 11.8 Å². The fraction of sp³-hybridized carbons (Fsp3) is 0.531. The molecule has 0 saturated carbocycles. The fourth-order valence-corrected chi connectivity index (χ4v) is 12.9. The number of nitrogens with zero attached hydrogens (tertiary/aromatic N) is 11. The van der Waals surface area contributed by atoms with Crippen molar-refractivity contribution in [2.45, 2.75) is 73.6 Å². The minimum absolute atomic E-state index is 0.0293. The Hall–Kier alpha value is -4.33. The van der Waals surface area contributed by atoms with Crippen LogP contribution < -0.4 is 41.2 Å². The highest BCUT2D eigenvalue weighted by Gasteiger charge is 2.51. The predicted molar refractivity (Wildman–Crippen MR) is 230 cm³/mol. The molecule has 9 N–H and O–H groups in total. The van der Waals surface area contributed by atoms with Gasteiger partial charge in [0.25, 0.3) is 29.0 Å². The third-order valence-electron chi connectivity index (χ3n) is 11.3. The molecule has 6 aromatic rings. The van der Waals surface area contributed by atoms with E-state index in [1.165, 1.54) is 28.0 Å². The molecule has 9 rings (SSSR count). The van der Waals surface area contributed by atoms with Gasteiger partial charge >= 0.3 is 5.65 Å². The van der Waals surface area contributed by atoms with E-state index >= 15 is 0 Å². The average molecular weight is 1130 g/mol. The number of aliphatic hydroxyl groups is 4. The van der Waals surface area contributed by atoms with Crippen molar-refractivity contribution >= 4 is 87.3 Å². The van der Waals surface area contributed by atoms with Gasteiger partial charge in [0, 0.05) is 7.11 Å². The van der Waals surface area contributed by atoms with Crippen LogP contribution in [-0.2, 0) is 78.2 Å². The topological polar surface area (TPSA) is 510 Å². The first kappa shape index (κ1) is 53.5. The number of hydrogen-bond acceptors (Lipinski definition) is 32. The maximum atomic E-state index is 13.9. The molecule has 0 bridgehead atoms. The summed E-state index contributed by atoms with van der Waals surface area (Å²) < 4.78 is 94.9. The van der Waals surface area contributed by atoms with E-state index in [4.69, 9.17) is 55.8 Å². The summed E-state index contributed by atoms with van der Waals surface area (Å²) >= 11 is 5.15. The van der Waals surface area contributed by atoms with Crippen molar-refractivity contribution in [3.63, 3.8) is 0 Å². The number of rotatable bonds is 19. The highest BCUT2D eigenvalue weighted by molar-refractivity contribution is 8.06. The van der Waals surface area contributed by atoms with Gasteiger partial charge in [-0.1, -0.05) is 16.8 Å². The lowest BCUT2D eigenvalue weighted by atomic mass is 10.1. The summed E-state index contributed by atoms with van der Waals surface area (Å²) in [6.07, 6.45) is -12.0. The lowest BCUT2D eigenvalue weighted by Crippen LogP contribution is -2.45. The Labute approximate surface area is 411 Å². The molecule has 6 aromatic heterocycles. The van der Waals surface area contributed by atoms with Gasteiger partial charge in [0.2, 0.25) is 12.2 Å². The second-order valence-electron chi connectivity index (χ2n) is 16.0. The molecule has 0 spiro atoms. The maximum Gasteiger partial charge on any atom is 0.307 e. The number of anilines is 2. The number of nitrogens with one attached hydrogen (secondary N) is 1. The summed E-state index contributed by atoms with van der Waals surface area (Å²) in [4.78, 5) is 95.0. The number of phosphoric acid groups is 3. The van der Waals surface area contributed by atoms with E-state index in [0.29, 0.717) is 5.52 Å². The molecule has 36 nitrogen and oxygen atoms in total. The number of aliphatic hydroxyl groups excluding tert-OH is 4. The third-order valence-corrected chi connectivity index (χ3v) is 17.0. The van der Waals surface area contributed by atoms with Crippen molar-refractivity contribution in [1.29, 1.82) is 0 Å². The maximum absolute atomic E-state index is 13.9. The number of ether oxygens (including phenoxy) is 4. The number of phosphoric ester groups is 2. The van der Waals surface area contributed by atoms with Gasteiger partial charge < -0.3 is 88.5 Å². The highest BCUT2D eigenvalue weighted by atomic mass is 32.5. The smallest absolute Gasteiger partial charge is 0.307 e.